The standard InChI is InChI=1S/C17H19F3N3O4P/c1-16(2,3)27-15(24)23-13(9-14(22-23)17(18,19)20)12-6-4-5-11(21-12)10-28-25-7-8-26-28/h4-6,9H,7-8,10H2,1-3H3. The lowest BCUT2D eigenvalue weighted by molar-refractivity contribution is -0.141. The van der Waals surface area contributed by atoms with Crippen molar-refractivity contribution in [2.45, 2.75) is 38.7 Å². The van der Waals surface area contributed by atoms with Crippen molar-refractivity contribution in [3.63, 3.8) is 0 Å². The Morgan fingerprint density at radius 3 is 2.54 bits per heavy atom. The molecular formula is C17H19F3N3O4P. The lowest BCUT2D eigenvalue weighted by atomic mass is 10.2. The van der Waals surface area contributed by atoms with Crippen molar-refractivity contribution in [1.82, 2.24) is 14.8 Å². The van der Waals surface area contributed by atoms with Crippen molar-refractivity contribution >= 4 is 14.5 Å². The van der Waals surface area contributed by atoms with Crippen LogP contribution in [0.25, 0.3) is 11.4 Å². The summed E-state index contributed by atoms with van der Waals surface area (Å²) < 4.78 is 56.1. The molecule has 1 aliphatic rings. The zero-order chi connectivity index (χ0) is 20.5. The third kappa shape index (κ3) is 5.06. The summed E-state index contributed by atoms with van der Waals surface area (Å²) in [6, 6.07) is 5.65. The largest absolute Gasteiger partial charge is 0.442 e. The number of nitrogens with zero attached hydrogens (tertiary/aromatic N) is 3. The monoisotopic (exact) mass is 417 g/mol. The highest BCUT2D eigenvalue weighted by molar-refractivity contribution is 7.46. The normalized spacial score (nSPS) is 15.8. The number of rotatable bonds is 3. The van der Waals surface area contributed by atoms with Crippen molar-refractivity contribution in [1.29, 1.82) is 0 Å². The summed E-state index contributed by atoms with van der Waals surface area (Å²) >= 11 is 0. The maximum Gasteiger partial charge on any atom is 0.435 e. The van der Waals surface area contributed by atoms with Gasteiger partial charge in [0, 0.05) is 0 Å². The maximum atomic E-state index is 13.2. The average Bonchev–Trinajstić information content (AvgIpc) is 3.22. The van der Waals surface area contributed by atoms with E-state index in [2.05, 4.69) is 10.1 Å². The fraction of sp³-hybridized carbons (Fsp3) is 0.471. The molecule has 0 unspecified atom stereocenters. The molecule has 1 saturated heterocycles. The first-order valence-corrected chi connectivity index (χ1v) is 9.79. The summed E-state index contributed by atoms with van der Waals surface area (Å²) in [4.78, 5) is 16.8. The van der Waals surface area contributed by atoms with Gasteiger partial charge in [-0.05, 0) is 39.0 Å². The molecule has 1 fully saturated rings. The molecule has 0 radical (unpaired) electrons. The molecule has 7 nitrogen and oxygen atoms in total. The van der Waals surface area contributed by atoms with E-state index in [1.165, 1.54) is 6.07 Å². The Hall–Kier alpha value is -2.03. The molecule has 0 aromatic carbocycles. The molecule has 0 amide bonds. The second kappa shape index (κ2) is 7.77. The number of carbonyl (C=O) groups is 1. The van der Waals surface area contributed by atoms with Gasteiger partial charge in [-0.15, -0.1) is 0 Å². The Morgan fingerprint density at radius 2 is 1.93 bits per heavy atom. The van der Waals surface area contributed by atoms with Gasteiger partial charge in [-0.1, -0.05) is 6.07 Å². The van der Waals surface area contributed by atoms with Crippen LogP contribution < -0.4 is 0 Å². The molecule has 2 aromatic rings. The van der Waals surface area contributed by atoms with E-state index in [1.54, 1.807) is 32.9 Å². The van der Waals surface area contributed by atoms with E-state index < -0.39 is 31.9 Å². The van der Waals surface area contributed by atoms with Crippen LogP contribution in [0.5, 0.6) is 0 Å². The summed E-state index contributed by atoms with van der Waals surface area (Å²) in [5, 5.41) is 3.41. The van der Waals surface area contributed by atoms with Gasteiger partial charge in [-0.2, -0.15) is 23.0 Å². The van der Waals surface area contributed by atoms with E-state index in [0.717, 1.165) is 6.07 Å². The van der Waals surface area contributed by atoms with E-state index in [-0.39, 0.29) is 11.4 Å². The van der Waals surface area contributed by atoms with Crippen LogP contribution in [-0.4, -0.2) is 39.7 Å². The predicted octanol–water partition coefficient (Wildman–Crippen LogP) is 4.61. The first-order valence-electron chi connectivity index (χ1n) is 8.43. The maximum absolute atomic E-state index is 13.2. The highest BCUT2D eigenvalue weighted by Gasteiger charge is 2.37. The molecular weight excluding hydrogens is 398 g/mol. The summed E-state index contributed by atoms with van der Waals surface area (Å²) in [6.45, 7) is 5.85. The number of carbonyl (C=O) groups excluding carboxylic acids is 1. The van der Waals surface area contributed by atoms with Gasteiger partial charge in [-0.3, -0.25) is 4.98 Å². The molecule has 0 saturated carbocycles. The van der Waals surface area contributed by atoms with E-state index in [4.69, 9.17) is 13.8 Å². The number of hydrogen-bond acceptors (Lipinski definition) is 6. The third-order valence-electron chi connectivity index (χ3n) is 3.48. The number of alkyl halides is 3. The van der Waals surface area contributed by atoms with Crippen LogP contribution in [0.4, 0.5) is 18.0 Å². The lowest BCUT2D eigenvalue weighted by Crippen LogP contribution is -2.28. The van der Waals surface area contributed by atoms with Crippen LogP contribution in [0.2, 0.25) is 0 Å². The third-order valence-corrected chi connectivity index (χ3v) is 5.00. The van der Waals surface area contributed by atoms with Crippen LogP contribution >= 0.6 is 8.38 Å². The Kier molecular flexibility index (Phi) is 5.74. The van der Waals surface area contributed by atoms with Crippen molar-refractivity contribution in [3.05, 3.63) is 35.7 Å². The van der Waals surface area contributed by atoms with Gasteiger partial charge in [0.05, 0.1) is 36.5 Å². The summed E-state index contributed by atoms with van der Waals surface area (Å²) in [6.07, 6.45) is -5.33. The molecule has 2 aromatic heterocycles. The predicted molar refractivity (Wildman–Crippen MR) is 94.6 cm³/mol. The molecule has 3 rings (SSSR count). The molecule has 11 heteroatoms. The van der Waals surface area contributed by atoms with Crippen molar-refractivity contribution in [2.24, 2.45) is 0 Å². The number of aromatic nitrogens is 3. The molecule has 0 bridgehead atoms. The minimum atomic E-state index is -4.71. The van der Waals surface area contributed by atoms with Crippen LogP contribution in [-0.2, 0) is 26.1 Å². The van der Waals surface area contributed by atoms with Gasteiger partial charge in [0.25, 0.3) is 0 Å². The molecule has 0 atom stereocenters. The first-order chi connectivity index (χ1) is 13.0. The van der Waals surface area contributed by atoms with E-state index in [1.807, 2.05) is 0 Å². The molecule has 152 valence electrons. The summed E-state index contributed by atoms with van der Waals surface area (Å²) in [7, 11) is -1.11. The molecule has 0 aliphatic carbocycles. The minimum absolute atomic E-state index is 0.107. The highest BCUT2D eigenvalue weighted by Crippen LogP contribution is 2.45. The first kappa shape index (κ1) is 20.7. The molecule has 28 heavy (non-hydrogen) atoms. The molecule has 1 aliphatic heterocycles. The molecule has 0 spiro atoms. The highest BCUT2D eigenvalue weighted by atomic mass is 31.2. The van der Waals surface area contributed by atoms with E-state index in [9.17, 15) is 18.0 Å². The van der Waals surface area contributed by atoms with Gasteiger partial charge in [0.2, 0.25) is 0 Å². The number of halogens is 3. The second-order valence-electron chi connectivity index (χ2n) is 6.98. The van der Waals surface area contributed by atoms with Gasteiger partial charge in [0.15, 0.2) is 14.1 Å². The zero-order valence-electron chi connectivity index (χ0n) is 15.5. The van der Waals surface area contributed by atoms with Crippen molar-refractivity contribution in [3.8, 4) is 11.4 Å². The van der Waals surface area contributed by atoms with Gasteiger partial charge in [-0.25, -0.2) is 4.79 Å². The lowest BCUT2D eigenvalue weighted by Gasteiger charge is -2.19. The molecule has 0 N–H and O–H groups in total. The fourth-order valence-corrected chi connectivity index (χ4v) is 3.65. The number of hydrogen-bond donors (Lipinski definition) is 0. The van der Waals surface area contributed by atoms with Crippen LogP contribution in [0.3, 0.4) is 0 Å². The Bertz CT molecular complexity index is 858. The second-order valence-corrected chi connectivity index (χ2v) is 8.47. The average molecular weight is 417 g/mol. The van der Waals surface area contributed by atoms with E-state index in [0.29, 0.717) is 29.8 Å². The van der Waals surface area contributed by atoms with Crippen LogP contribution in [0.1, 0.15) is 32.2 Å². The summed E-state index contributed by atoms with van der Waals surface area (Å²) in [5.41, 5.74) is -1.46. The van der Waals surface area contributed by atoms with Gasteiger partial charge in [0.1, 0.15) is 5.60 Å². The number of pyridine rings is 1. The Morgan fingerprint density at radius 1 is 1.25 bits per heavy atom. The van der Waals surface area contributed by atoms with Crippen LogP contribution in [0, 0.1) is 0 Å². The smallest absolute Gasteiger partial charge is 0.435 e. The zero-order valence-corrected chi connectivity index (χ0v) is 16.4. The quantitative estimate of drug-likeness (QED) is 0.680. The number of ether oxygens (including phenoxy) is 1. The Balaban J connectivity index is 1.97. The van der Waals surface area contributed by atoms with E-state index >= 15 is 0 Å². The minimum Gasteiger partial charge on any atom is -0.442 e. The topological polar surface area (TPSA) is 75.5 Å². The summed E-state index contributed by atoms with van der Waals surface area (Å²) in [5.74, 6) is 0. The van der Waals surface area contributed by atoms with Gasteiger partial charge < -0.3 is 13.8 Å². The SMILES string of the molecule is CC(C)(C)OC(=O)n1nc(C(F)(F)F)cc1-c1cccc(CP2OCCO2)n1. The van der Waals surface area contributed by atoms with Crippen molar-refractivity contribution < 1.29 is 31.8 Å². The van der Waals surface area contributed by atoms with Gasteiger partial charge >= 0.3 is 12.3 Å². The molecule has 3 heterocycles. The Labute approximate surface area is 160 Å². The van der Waals surface area contributed by atoms with Crippen molar-refractivity contribution in [2.75, 3.05) is 13.2 Å². The fourth-order valence-electron chi connectivity index (χ4n) is 2.40. The van der Waals surface area contributed by atoms with Crippen LogP contribution in [0.15, 0.2) is 24.3 Å².